The van der Waals surface area contributed by atoms with Gasteiger partial charge in [0.25, 0.3) is 6.42 Å². The lowest BCUT2D eigenvalue weighted by atomic mass is 10.1. The summed E-state index contributed by atoms with van der Waals surface area (Å²) in [5.41, 5.74) is 1.45. The molecule has 1 aromatic carbocycles. The molecule has 1 fully saturated rings. The minimum Gasteiger partial charge on any atom is -0.313 e. The van der Waals surface area contributed by atoms with Crippen LogP contribution in [-0.4, -0.2) is 39.0 Å². The molecule has 1 unspecified atom stereocenters. The number of amidine groups is 1. The van der Waals surface area contributed by atoms with E-state index in [-0.39, 0.29) is 6.67 Å². The first-order valence-corrected chi connectivity index (χ1v) is 9.64. The summed E-state index contributed by atoms with van der Waals surface area (Å²) in [5.74, 6) is 2.18. The maximum atomic E-state index is 15.0. The number of benzene rings is 1. The molecule has 9 nitrogen and oxygen atoms in total. The zero-order valence-corrected chi connectivity index (χ0v) is 15.4. The molecule has 146 valence electrons. The average Bonchev–Trinajstić information content (AvgIpc) is 3.52. The second-order valence-corrected chi connectivity index (χ2v) is 7.44. The maximum Gasteiger partial charge on any atom is 0.345 e. The van der Waals surface area contributed by atoms with Crippen molar-refractivity contribution in [3.05, 3.63) is 47.7 Å². The molecule has 10 heteroatoms. The summed E-state index contributed by atoms with van der Waals surface area (Å²) >= 11 is 0. The van der Waals surface area contributed by atoms with Crippen molar-refractivity contribution < 1.29 is 8.91 Å². The molecule has 0 saturated heterocycles. The van der Waals surface area contributed by atoms with Crippen LogP contribution in [0.1, 0.15) is 43.0 Å². The molecule has 4 heterocycles. The number of hydrogen-bond acceptors (Lipinski definition) is 9. The molecule has 1 saturated carbocycles. The van der Waals surface area contributed by atoms with Crippen LogP contribution in [0.2, 0.25) is 0 Å². The number of nitriles is 1. The van der Waals surface area contributed by atoms with Crippen LogP contribution >= 0.6 is 0 Å². The van der Waals surface area contributed by atoms with Crippen molar-refractivity contribution in [1.29, 1.82) is 5.26 Å². The summed E-state index contributed by atoms with van der Waals surface area (Å²) in [6.07, 6.45) is 6.22. The predicted octanol–water partition coefficient (Wildman–Crippen LogP) is 2.84. The number of nitrogens with zero attached hydrogens (tertiary/aromatic N) is 8. The summed E-state index contributed by atoms with van der Waals surface area (Å²) in [5, 5.41) is 17.0. The molecule has 0 N–H and O–H groups in total. The van der Waals surface area contributed by atoms with Crippen LogP contribution in [0.3, 0.4) is 0 Å². The first-order chi connectivity index (χ1) is 14.3. The number of aliphatic imine (C=N–C) groups is 1. The standard InChI is InChI=1S/C19H17FN8O/c20-18-25(10-21)9-15-27(18)14-8-4-3-7-13(14)17-22-11-26(28(15)17)19-23-16(24-29-19)12-5-1-2-6-12/h3-4,7-9,12,18H,1-2,5-6,11H2. The van der Waals surface area contributed by atoms with Gasteiger partial charge in [-0.15, -0.1) is 0 Å². The van der Waals surface area contributed by atoms with E-state index in [1.807, 2.05) is 30.5 Å². The van der Waals surface area contributed by atoms with Crippen LogP contribution in [0, 0.1) is 11.5 Å². The van der Waals surface area contributed by atoms with Crippen molar-refractivity contribution in [2.24, 2.45) is 4.99 Å². The summed E-state index contributed by atoms with van der Waals surface area (Å²) in [4.78, 5) is 11.7. The highest BCUT2D eigenvalue weighted by atomic mass is 19.1. The largest absolute Gasteiger partial charge is 0.345 e. The van der Waals surface area contributed by atoms with E-state index in [4.69, 9.17) is 4.52 Å². The first kappa shape index (κ1) is 16.4. The molecule has 6 rings (SSSR count). The third-order valence-electron chi connectivity index (χ3n) is 5.85. The van der Waals surface area contributed by atoms with Crippen molar-refractivity contribution in [3.63, 3.8) is 0 Å². The summed E-state index contributed by atoms with van der Waals surface area (Å²) < 4.78 is 20.6. The van der Waals surface area contributed by atoms with E-state index in [0.717, 1.165) is 23.3 Å². The third kappa shape index (κ3) is 2.21. The molecular weight excluding hydrogens is 375 g/mol. The van der Waals surface area contributed by atoms with E-state index >= 15 is 4.39 Å². The predicted molar refractivity (Wildman–Crippen MR) is 101 cm³/mol. The third-order valence-corrected chi connectivity index (χ3v) is 5.85. The Morgan fingerprint density at radius 3 is 2.86 bits per heavy atom. The van der Waals surface area contributed by atoms with Gasteiger partial charge in [-0.3, -0.25) is 4.90 Å². The van der Waals surface area contributed by atoms with Gasteiger partial charge >= 0.3 is 6.01 Å². The minimum absolute atomic E-state index is 0.269. The fraction of sp³-hybridized carbons (Fsp3) is 0.368. The van der Waals surface area contributed by atoms with Crippen molar-refractivity contribution in [2.75, 3.05) is 16.6 Å². The van der Waals surface area contributed by atoms with Crippen LogP contribution in [-0.2, 0) is 0 Å². The van der Waals surface area contributed by atoms with E-state index in [1.54, 1.807) is 10.0 Å². The molecule has 0 bridgehead atoms. The van der Waals surface area contributed by atoms with E-state index in [2.05, 4.69) is 15.1 Å². The van der Waals surface area contributed by atoms with E-state index < -0.39 is 6.42 Å². The van der Waals surface area contributed by atoms with Gasteiger partial charge in [0.15, 0.2) is 23.7 Å². The minimum atomic E-state index is -1.63. The SMILES string of the molecule is N#CN1C=C2N(c3ccccc3C3=NCN(c4nc(C5CCCC5)no4)N23)C1F. The van der Waals surface area contributed by atoms with E-state index in [0.29, 0.717) is 35.1 Å². The number of anilines is 2. The Morgan fingerprint density at radius 1 is 1.21 bits per heavy atom. The number of hydrogen-bond donors (Lipinski definition) is 0. The zero-order valence-electron chi connectivity index (χ0n) is 15.4. The smallest absolute Gasteiger partial charge is 0.313 e. The van der Waals surface area contributed by atoms with Gasteiger partial charge in [-0.25, -0.2) is 19.9 Å². The normalized spacial score (nSPS) is 23.0. The van der Waals surface area contributed by atoms with Crippen LogP contribution in [0.15, 0.2) is 45.8 Å². The molecule has 3 aliphatic heterocycles. The maximum absolute atomic E-state index is 15.0. The molecule has 1 aliphatic carbocycles. The Balaban J connectivity index is 1.43. The number of rotatable bonds is 2. The fourth-order valence-corrected chi connectivity index (χ4v) is 4.46. The fourth-order valence-electron chi connectivity index (χ4n) is 4.46. The molecule has 0 amide bonds. The lowest BCUT2D eigenvalue weighted by Crippen LogP contribution is -2.50. The van der Waals surface area contributed by atoms with Gasteiger partial charge in [0.2, 0.25) is 0 Å². The second-order valence-electron chi connectivity index (χ2n) is 7.44. The Bertz CT molecular complexity index is 1080. The van der Waals surface area contributed by atoms with Gasteiger partial charge in [-0.1, -0.05) is 30.1 Å². The Morgan fingerprint density at radius 2 is 2.03 bits per heavy atom. The highest BCUT2D eigenvalue weighted by Crippen LogP contribution is 2.43. The number of aromatic nitrogens is 2. The number of para-hydroxylation sites is 1. The van der Waals surface area contributed by atoms with Gasteiger partial charge in [0.05, 0.1) is 11.9 Å². The van der Waals surface area contributed by atoms with Crippen LogP contribution in [0.5, 0.6) is 0 Å². The summed E-state index contributed by atoms with van der Waals surface area (Å²) in [6, 6.07) is 7.75. The molecule has 4 aliphatic rings. The Hall–Kier alpha value is -3.61. The zero-order chi connectivity index (χ0) is 19.5. The van der Waals surface area contributed by atoms with Gasteiger partial charge in [-0.2, -0.15) is 14.6 Å². The van der Waals surface area contributed by atoms with Crippen LogP contribution in [0.25, 0.3) is 0 Å². The Kier molecular flexibility index (Phi) is 3.35. The highest BCUT2D eigenvalue weighted by Gasteiger charge is 2.48. The molecular formula is C19H17FN8O. The molecule has 0 spiro atoms. The first-order valence-electron chi connectivity index (χ1n) is 9.64. The average molecular weight is 392 g/mol. The van der Waals surface area contributed by atoms with Gasteiger partial charge in [0, 0.05) is 11.5 Å². The monoisotopic (exact) mass is 392 g/mol. The number of hydrazine groups is 1. The lowest BCUT2D eigenvalue weighted by Gasteiger charge is -2.39. The Labute approximate surface area is 165 Å². The van der Waals surface area contributed by atoms with Gasteiger partial charge < -0.3 is 4.52 Å². The topological polar surface area (TPSA) is 88.0 Å². The van der Waals surface area contributed by atoms with Crippen molar-refractivity contribution in [3.8, 4) is 6.19 Å². The van der Waals surface area contributed by atoms with Gasteiger partial charge in [0.1, 0.15) is 6.67 Å². The van der Waals surface area contributed by atoms with Crippen molar-refractivity contribution in [1.82, 2.24) is 20.0 Å². The number of halogens is 1. The molecule has 29 heavy (non-hydrogen) atoms. The van der Waals surface area contributed by atoms with E-state index in [9.17, 15) is 5.26 Å². The molecule has 1 atom stereocenters. The summed E-state index contributed by atoms with van der Waals surface area (Å²) in [6.45, 7) is 0.269. The number of alkyl halides is 1. The van der Waals surface area contributed by atoms with Crippen LogP contribution in [0.4, 0.5) is 16.1 Å². The lowest BCUT2D eigenvalue weighted by molar-refractivity contribution is 0.204. The van der Waals surface area contributed by atoms with Gasteiger partial charge in [-0.05, 0) is 25.0 Å². The van der Waals surface area contributed by atoms with Crippen LogP contribution < -0.4 is 9.91 Å². The highest BCUT2D eigenvalue weighted by molar-refractivity contribution is 6.09. The van der Waals surface area contributed by atoms with Crippen molar-refractivity contribution in [2.45, 2.75) is 38.0 Å². The molecule has 0 radical (unpaired) electrons. The molecule has 1 aromatic heterocycles. The quantitative estimate of drug-likeness (QED) is 0.570. The number of fused-ring (bicyclic) bond motifs is 6. The van der Waals surface area contributed by atoms with Crippen molar-refractivity contribution >= 4 is 17.5 Å². The summed E-state index contributed by atoms with van der Waals surface area (Å²) in [7, 11) is 0. The molecule has 2 aromatic rings. The second kappa shape index (κ2) is 5.94. The van der Waals surface area contributed by atoms with E-state index in [1.165, 1.54) is 23.9 Å².